The van der Waals surface area contributed by atoms with Crippen molar-refractivity contribution in [2.45, 2.75) is 13.0 Å². The predicted molar refractivity (Wildman–Crippen MR) is 59.0 cm³/mol. The standard InChI is InChI=1S/C10H11BrClN/c11-9-4-8(5-10(12)6-9)7-13-2-1-3-13/h4-6H,1-3,7H2. The maximum atomic E-state index is 5.95. The molecular formula is C10H11BrClN. The summed E-state index contributed by atoms with van der Waals surface area (Å²) in [5.41, 5.74) is 1.29. The van der Waals surface area contributed by atoms with Gasteiger partial charge in [-0.15, -0.1) is 0 Å². The average Bonchev–Trinajstić information content (AvgIpc) is 1.95. The third-order valence-electron chi connectivity index (χ3n) is 2.28. The Morgan fingerprint density at radius 2 is 2.08 bits per heavy atom. The van der Waals surface area contributed by atoms with Crippen molar-refractivity contribution in [3.63, 3.8) is 0 Å². The van der Waals surface area contributed by atoms with Crippen molar-refractivity contribution in [1.82, 2.24) is 4.90 Å². The lowest BCUT2D eigenvalue weighted by atomic mass is 10.1. The van der Waals surface area contributed by atoms with Gasteiger partial charge < -0.3 is 0 Å². The van der Waals surface area contributed by atoms with Gasteiger partial charge in [0.1, 0.15) is 0 Å². The van der Waals surface area contributed by atoms with E-state index in [1.165, 1.54) is 25.1 Å². The first-order valence-electron chi connectivity index (χ1n) is 4.41. The number of halogens is 2. The zero-order chi connectivity index (χ0) is 9.26. The largest absolute Gasteiger partial charge is 0.299 e. The third kappa shape index (κ3) is 2.46. The molecule has 3 heteroatoms. The van der Waals surface area contributed by atoms with Crippen molar-refractivity contribution in [2.24, 2.45) is 0 Å². The SMILES string of the molecule is Clc1cc(Br)cc(CN2CCC2)c1. The van der Waals surface area contributed by atoms with Crippen LogP contribution < -0.4 is 0 Å². The van der Waals surface area contributed by atoms with Gasteiger partial charge in [-0.1, -0.05) is 27.5 Å². The highest BCUT2D eigenvalue weighted by atomic mass is 79.9. The van der Waals surface area contributed by atoms with Crippen molar-refractivity contribution >= 4 is 27.5 Å². The molecule has 1 fully saturated rings. The van der Waals surface area contributed by atoms with Crippen molar-refractivity contribution in [3.8, 4) is 0 Å². The Kier molecular flexibility index (Phi) is 2.92. The Labute approximate surface area is 91.8 Å². The van der Waals surface area contributed by atoms with Crippen molar-refractivity contribution < 1.29 is 0 Å². The number of likely N-dealkylation sites (tertiary alicyclic amines) is 1. The normalized spacial score (nSPS) is 17.1. The minimum absolute atomic E-state index is 0.810. The summed E-state index contributed by atoms with van der Waals surface area (Å²) in [7, 11) is 0. The second-order valence-electron chi connectivity index (χ2n) is 3.41. The van der Waals surface area contributed by atoms with Crippen molar-refractivity contribution in [3.05, 3.63) is 33.3 Å². The molecule has 0 saturated carbocycles. The van der Waals surface area contributed by atoms with E-state index in [1.54, 1.807) is 0 Å². The number of rotatable bonds is 2. The van der Waals surface area contributed by atoms with E-state index in [9.17, 15) is 0 Å². The number of hydrogen-bond acceptors (Lipinski definition) is 1. The van der Waals surface area contributed by atoms with Crippen LogP contribution in [0.1, 0.15) is 12.0 Å². The molecule has 0 amide bonds. The molecular weight excluding hydrogens is 249 g/mol. The maximum absolute atomic E-state index is 5.95. The van der Waals surface area contributed by atoms with Gasteiger partial charge in [-0.25, -0.2) is 0 Å². The minimum atomic E-state index is 0.810. The van der Waals surface area contributed by atoms with Gasteiger partial charge in [0.15, 0.2) is 0 Å². The zero-order valence-electron chi connectivity index (χ0n) is 7.26. The van der Waals surface area contributed by atoms with E-state index in [0.29, 0.717) is 0 Å². The van der Waals surface area contributed by atoms with Crippen LogP contribution in [-0.2, 0) is 6.54 Å². The Morgan fingerprint density at radius 3 is 2.62 bits per heavy atom. The zero-order valence-corrected chi connectivity index (χ0v) is 9.61. The number of benzene rings is 1. The summed E-state index contributed by atoms with van der Waals surface area (Å²) in [4.78, 5) is 2.41. The van der Waals surface area contributed by atoms with Crippen molar-refractivity contribution in [2.75, 3.05) is 13.1 Å². The van der Waals surface area contributed by atoms with Gasteiger partial charge in [-0.05, 0) is 43.3 Å². The van der Waals surface area contributed by atoms with E-state index < -0.39 is 0 Å². The second-order valence-corrected chi connectivity index (χ2v) is 4.76. The fraction of sp³-hybridized carbons (Fsp3) is 0.400. The van der Waals surface area contributed by atoms with Crippen LogP contribution in [0.5, 0.6) is 0 Å². The van der Waals surface area contributed by atoms with Gasteiger partial charge in [0, 0.05) is 16.0 Å². The number of nitrogens with zero attached hydrogens (tertiary/aromatic N) is 1. The Morgan fingerprint density at radius 1 is 1.31 bits per heavy atom. The summed E-state index contributed by atoms with van der Waals surface area (Å²) in [5.74, 6) is 0. The molecule has 0 aromatic heterocycles. The van der Waals surface area contributed by atoms with E-state index in [0.717, 1.165) is 16.0 Å². The molecule has 1 aromatic rings. The summed E-state index contributed by atoms with van der Waals surface area (Å²) < 4.78 is 1.07. The van der Waals surface area contributed by atoms with Crippen LogP contribution in [0.15, 0.2) is 22.7 Å². The highest BCUT2D eigenvalue weighted by molar-refractivity contribution is 9.10. The lowest BCUT2D eigenvalue weighted by molar-refractivity contribution is 0.172. The predicted octanol–water partition coefficient (Wildman–Crippen LogP) is 3.31. The summed E-state index contributed by atoms with van der Waals surface area (Å²) >= 11 is 9.39. The summed E-state index contributed by atoms with van der Waals surface area (Å²) in [6, 6.07) is 6.08. The molecule has 0 unspecified atom stereocenters. The molecule has 1 aliphatic rings. The van der Waals surface area contributed by atoms with Crippen LogP contribution in [-0.4, -0.2) is 18.0 Å². The topological polar surface area (TPSA) is 3.24 Å². The first-order chi connectivity index (χ1) is 6.24. The second kappa shape index (κ2) is 3.99. The summed E-state index contributed by atoms with van der Waals surface area (Å²) in [6.07, 6.45) is 1.34. The minimum Gasteiger partial charge on any atom is -0.299 e. The molecule has 2 rings (SSSR count). The molecule has 1 saturated heterocycles. The van der Waals surface area contributed by atoms with Gasteiger partial charge >= 0.3 is 0 Å². The summed E-state index contributed by atoms with van der Waals surface area (Å²) in [5, 5.41) is 0.810. The molecule has 0 atom stereocenters. The van der Waals surface area contributed by atoms with Gasteiger partial charge in [0.2, 0.25) is 0 Å². The van der Waals surface area contributed by atoms with Gasteiger partial charge in [-0.3, -0.25) is 4.90 Å². The highest BCUT2D eigenvalue weighted by Gasteiger charge is 2.13. The Bertz CT molecular complexity index is 290. The van der Waals surface area contributed by atoms with E-state index in [2.05, 4.69) is 26.9 Å². The highest BCUT2D eigenvalue weighted by Crippen LogP contribution is 2.21. The molecule has 0 radical (unpaired) electrons. The van der Waals surface area contributed by atoms with Crippen LogP contribution >= 0.6 is 27.5 Å². The van der Waals surface area contributed by atoms with Crippen LogP contribution in [0.3, 0.4) is 0 Å². The first kappa shape index (κ1) is 9.50. The number of hydrogen-bond donors (Lipinski definition) is 0. The molecule has 1 aliphatic heterocycles. The average molecular weight is 261 g/mol. The first-order valence-corrected chi connectivity index (χ1v) is 5.58. The van der Waals surface area contributed by atoms with Crippen LogP contribution in [0.4, 0.5) is 0 Å². The van der Waals surface area contributed by atoms with Crippen LogP contribution in [0, 0.1) is 0 Å². The Hall–Kier alpha value is -0.0500. The van der Waals surface area contributed by atoms with E-state index in [-0.39, 0.29) is 0 Å². The van der Waals surface area contributed by atoms with Crippen LogP contribution in [0.25, 0.3) is 0 Å². The van der Waals surface area contributed by atoms with Crippen molar-refractivity contribution in [1.29, 1.82) is 0 Å². The van der Waals surface area contributed by atoms with Crippen LogP contribution in [0.2, 0.25) is 5.02 Å². The van der Waals surface area contributed by atoms with Gasteiger partial charge in [-0.2, -0.15) is 0 Å². The molecule has 1 aromatic carbocycles. The molecule has 70 valence electrons. The monoisotopic (exact) mass is 259 g/mol. The molecule has 0 spiro atoms. The fourth-order valence-electron chi connectivity index (χ4n) is 1.50. The molecule has 13 heavy (non-hydrogen) atoms. The van der Waals surface area contributed by atoms with Gasteiger partial charge in [0.25, 0.3) is 0 Å². The molecule has 0 bridgehead atoms. The third-order valence-corrected chi connectivity index (χ3v) is 2.95. The van der Waals surface area contributed by atoms with Gasteiger partial charge in [0.05, 0.1) is 0 Å². The van der Waals surface area contributed by atoms with E-state index in [1.807, 2.05) is 12.1 Å². The lowest BCUT2D eigenvalue weighted by Crippen LogP contribution is -2.36. The maximum Gasteiger partial charge on any atom is 0.0420 e. The molecule has 1 nitrogen and oxygen atoms in total. The molecule has 1 heterocycles. The Balaban J connectivity index is 2.10. The summed E-state index contributed by atoms with van der Waals surface area (Å²) in [6.45, 7) is 3.48. The van der Waals surface area contributed by atoms with E-state index in [4.69, 9.17) is 11.6 Å². The molecule has 0 N–H and O–H groups in total. The quantitative estimate of drug-likeness (QED) is 0.788. The molecule has 0 aliphatic carbocycles. The van der Waals surface area contributed by atoms with E-state index >= 15 is 0 Å². The smallest absolute Gasteiger partial charge is 0.0420 e. The fourth-order valence-corrected chi connectivity index (χ4v) is 2.43. The lowest BCUT2D eigenvalue weighted by Gasteiger charge is -2.30.